The average Bonchev–Trinajstić information content (AvgIpc) is 2.68. The minimum Gasteiger partial charge on any atom is -0.508 e. The molecular formula is C22H22O5S. The number of hydrogen-bond acceptors (Lipinski definition) is 5. The Morgan fingerprint density at radius 1 is 0.857 bits per heavy atom. The van der Waals surface area contributed by atoms with Crippen molar-refractivity contribution in [1.82, 2.24) is 0 Å². The highest BCUT2D eigenvalue weighted by Gasteiger charge is 2.17. The largest absolute Gasteiger partial charge is 0.508 e. The number of rotatable bonds is 8. The number of hydrogen-bond donors (Lipinski definition) is 1. The zero-order chi connectivity index (χ0) is 20.0. The van der Waals surface area contributed by atoms with Crippen molar-refractivity contribution in [3.8, 4) is 17.2 Å². The summed E-state index contributed by atoms with van der Waals surface area (Å²) >= 11 is 0. The van der Waals surface area contributed by atoms with E-state index >= 15 is 0 Å². The second-order valence-corrected chi connectivity index (χ2v) is 7.83. The number of aromatic hydroxyl groups is 1. The predicted molar refractivity (Wildman–Crippen MR) is 107 cm³/mol. The van der Waals surface area contributed by atoms with Crippen molar-refractivity contribution in [3.05, 3.63) is 83.9 Å². The second kappa shape index (κ2) is 8.80. The molecule has 1 N–H and O–H groups in total. The molecule has 146 valence electrons. The van der Waals surface area contributed by atoms with Crippen LogP contribution in [-0.2, 0) is 23.0 Å². The van der Waals surface area contributed by atoms with Crippen LogP contribution in [0.5, 0.6) is 17.2 Å². The van der Waals surface area contributed by atoms with Gasteiger partial charge in [-0.15, -0.1) is 0 Å². The van der Waals surface area contributed by atoms with Gasteiger partial charge < -0.3 is 14.0 Å². The first-order valence-electron chi connectivity index (χ1n) is 9.00. The number of aryl methyl sites for hydroxylation is 1. The maximum atomic E-state index is 12.5. The SMILES string of the molecule is CCc1cc(OCCc2cccc(O)c2)cc(OS(=O)(=O)c2ccccc2)c1. The zero-order valence-corrected chi connectivity index (χ0v) is 16.4. The van der Waals surface area contributed by atoms with E-state index in [-0.39, 0.29) is 16.4 Å². The van der Waals surface area contributed by atoms with E-state index in [0.29, 0.717) is 25.2 Å². The van der Waals surface area contributed by atoms with Crippen LogP contribution in [0, 0.1) is 0 Å². The highest BCUT2D eigenvalue weighted by Crippen LogP contribution is 2.26. The first kappa shape index (κ1) is 19.8. The number of ether oxygens (including phenoxy) is 1. The summed E-state index contributed by atoms with van der Waals surface area (Å²) in [5.74, 6) is 0.973. The minimum atomic E-state index is -3.91. The van der Waals surface area contributed by atoms with Gasteiger partial charge in [0.2, 0.25) is 0 Å². The van der Waals surface area contributed by atoms with Gasteiger partial charge >= 0.3 is 10.1 Å². The fourth-order valence-corrected chi connectivity index (χ4v) is 3.66. The summed E-state index contributed by atoms with van der Waals surface area (Å²) in [4.78, 5) is 0.100. The van der Waals surface area contributed by atoms with Gasteiger partial charge in [-0.1, -0.05) is 37.3 Å². The Labute approximate surface area is 165 Å². The molecule has 0 bridgehead atoms. The Hall–Kier alpha value is -2.99. The molecule has 0 spiro atoms. The fourth-order valence-electron chi connectivity index (χ4n) is 2.73. The van der Waals surface area contributed by atoms with Crippen LogP contribution < -0.4 is 8.92 Å². The molecule has 3 aromatic carbocycles. The van der Waals surface area contributed by atoms with E-state index in [4.69, 9.17) is 8.92 Å². The lowest BCUT2D eigenvalue weighted by Gasteiger charge is -2.12. The smallest absolute Gasteiger partial charge is 0.339 e. The molecule has 0 saturated carbocycles. The summed E-state index contributed by atoms with van der Waals surface area (Å²) in [6.45, 7) is 2.36. The molecule has 5 nitrogen and oxygen atoms in total. The van der Waals surface area contributed by atoms with Gasteiger partial charge in [0.15, 0.2) is 0 Å². The molecule has 0 aliphatic rings. The third kappa shape index (κ3) is 5.27. The van der Waals surface area contributed by atoms with Crippen molar-refractivity contribution in [2.45, 2.75) is 24.7 Å². The molecule has 0 aromatic heterocycles. The maximum absolute atomic E-state index is 12.5. The van der Waals surface area contributed by atoms with Gasteiger partial charge in [-0.05, 0) is 53.9 Å². The van der Waals surface area contributed by atoms with Crippen molar-refractivity contribution < 1.29 is 22.4 Å². The Bertz CT molecular complexity index is 1030. The second-order valence-electron chi connectivity index (χ2n) is 6.29. The first-order valence-corrected chi connectivity index (χ1v) is 10.4. The van der Waals surface area contributed by atoms with Crippen LogP contribution in [-0.4, -0.2) is 20.1 Å². The highest BCUT2D eigenvalue weighted by molar-refractivity contribution is 7.87. The fraction of sp³-hybridized carbons (Fsp3) is 0.182. The molecule has 0 atom stereocenters. The van der Waals surface area contributed by atoms with E-state index in [1.54, 1.807) is 48.5 Å². The van der Waals surface area contributed by atoms with Gasteiger partial charge in [0.1, 0.15) is 22.1 Å². The van der Waals surface area contributed by atoms with Crippen LogP contribution >= 0.6 is 0 Å². The lowest BCUT2D eigenvalue weighted by Crippen LogP contribution is -2.10. The maximum Gasteiger partial charge on any atom is 0.339 e. The van der Waals surface area contributed by atoms with Gasteiger partial charge in [0, 0.05) is 12.5 Å². The molecule has 3 aromatic rings. The minimum absolute atomic E-state index is 0.100. The molecule has 0 radical (unpaired) electrons. The Balaban J connectivity index is 1.73. The molecule has 0 heterocycles. The molecule has 0 unspecified atom stereocenters. The van der Waals surface area contributed by atoms with Crippen molar-refractivity contribution >= 4 is 10.1 Å². The van der Waals surface area contributed by atoms with Gasteiger partial charge in [-0.3, -0.25) is 0 Å². The quantitative estimate of drug-likeness (QED) is 0.571. The van der Waals surface area contributed by atoms with Crippen LogP contribution in [0.15, 0.2) is 77.7 Å². The summed E-state index contributed by atoms with van der Waals surface area (Å²) in [5.41, 5.74) is 1.86. The van der Waals surface area contributed by atoms with E-state index in [1.165, 1.54) is 12.1 Å². The summed E-state index contributed by atoms with van der Waals surface area (Å²) in [5, 5.41) is 9.52. The molecule has 0 fully saturated rings. The van der Waals surface area contributed by atoms with Crippen molar-refractivity contribution in [2.75, 3.05) is 6.61 Å². The summed E-state index contributed by atoms with van der Waals surface area (Å²) in [6.07, 6.45) is 1.33. The Kier molecular flexibility index (Phi) is 6.21. The molecule has 3 rings (SSSR count). The van der Waals surface area contributed by atoms with Crippen LogP contribution in [0.2, 0.25) is 0 Å². The average molecular weight is 398 g/mol. The number of phenols is 1. The Morgan fingerprint density at radius 2 is 1.61 bits per heavy atom. The Morgan fingerprint density at radius 3 is 2.32 bits per heavy atom. The summed E-state index contributed by atoms with van der Waals surface area (Å²) in [7, 11) is -3.91. The zero-order valence-electron chi connectivity index (χ0n) is 15.5. The van der Waals surface area contributed by atoms with Gasteiger partial charge in [-0.25, -0.2) is 0 Å². The molecule has 0 aliphatic heterocycles. The third-order valence-corrected chi connectivity index (χ3v) is 5.42. The van der Waals surface area contributed by atoms with Crippen LogP contribution in [0.25, 0.3) is 0 Å². The van der Waals surface area contributed by atoms with E-state index in [1.807, 2.05) is 19.1 Å². The molecular weight excluding hydrogens is 376 g/mol. The van der Waals surface area contributed by atoms with E-state index in [0.717, 1.165) is 11.1 Å². The van der Waals surface area contributed by atoms with E-state index in [2.05, 4.69) is 0 Å². The molecule has 0 saturated heterocycles. The lowest BCUT2D eigenvalue weighted by molar-refractivity contribution is 0.320. The molecule has 0 aliphatic carbocycles. The van der Waals surface area contributed by atoms with E-state index in [9.17, 15) is 13.5 Å². The van der Waals surface area contributed by atoms with Gasteiger partial charge in [-0.2, -0.15) is 8.42 Å². The number of benzene rings is 3. The third-order valence-electron chi connectivity index (χ3n) is 4.16. The van der Waals surface area contributed by atoms with Crippen LogP contribution in [0.4, 0.5) is 0 Å². The molecule has 6 heteroatoms. The molecule has 28 heavy (non-hydrogen) atoms. The van der Waals surface area contributed by atoms with Crippen molar-refractivity contribution in [1.29, 1.82) is 0 Å². The number of phenolic OH excluding ortho intramolecular Hbond substituents is 1. The normalized spacial score (nSPS) is 11.2. The summed E-state index contributed by atoms with van der Waals surface area (Å²) < 4.78 is 36.0. The van der Waals surface area contributed by atoms with Gasteiger partial charge in [0.25, 0.3) is 0 Å². The van der Waals surface area contributed by atoms with Crippen molar-refractivity contribution in [3.63, 3.8) is 0 Å². The summed E-state index contributed by atoms with van der Waals surface area (Å²) in [6, 6.07) is 20.2. The predicted octanol–water partition coefficient (Wildman–Crippen LogP) is 4.34. The van der Waals surface area contributed by atoms with Crippen LogP contribution in [0.1, 0.15) is 18.1 Å². The molecule has 0 amide bonds. The van der Waals surface area contributed by atoms with Gasteiger partial charge in [0.05, 0.1) is 6.61 Å². The van der Waals surface area contributed by atoms with Crippen molar-refractivity contribution in [2.24, 2.45) is 0 Å². The highest BCUT2D eigenvalue weighted by atomic mass is 32.2. The van der Waals surface area contributed by atoms with Crippen LogP contribution in [0.3, 0.4) is 0 Å². The van der Waals surface area contributed by atoms with E-state index < -0.39 is 10.1 Å². The topological polar surface area (TPSA) is 72.8 Å². The first-order chi connectivity index (χ1) is 13.5. The lowest BCUT2D eigenvalue weighted by atomic mass is 10.1. The standard InChI is InChI=1S/C22H22O5S/c1-2-17-14-20(26-12-11-18-7-6-8-19(23)13-18)16-21(15-17)27-28(24,25)22-9-4-3-5-10-22/h3-10,13-16,23H,2,11-12H2,1H3. The monoisotopic (exact) mass is 398 g/mol.